The molecule has 1 saturated heterocycles. The van der Waals surface area contributed by atoms with Crippen LogP contribution in [0.5, 0.6) is 5.88 Å². The first-order chi connectivity index (χ1) is 8.65. The molecule has 2 heterocycles. The zero-order valence-electron chi connectivity index (χ0n) is 9.71. The van der Waals surface area contributed by atoms with Gasteiger partial charge in [0.15, 0.2) is 0 Å². The lowest BCUT2D eigenvalue weighted by Gasteiger charge is -2.14. The molecule has 0 radical (unpaired) electrons. The standard InChI is InChI=1S/C10H13FN2O4S/c1-2-16-9-6(11)3-13(10(15)12-9)7-5-18-8(4-14)17-7/h3,7-8,14H,2,4-5H2,1H3/t7-,8?/m1/s1. The van der Waals surface area contributed by atoms with Crippen molar-refractivity contribution in [1.82, 2.24) is 9.55 Å². The molecule has 0 aliphatic carbocycles. The summed E-state index contributed by atoms with van der Waals surface area (Å²) in [4.78, 5) is 15.2. The highest BCUT2D eigenvalue weighted by Crippen LogP contribution is 2.30. The molecule has 18 heavy (non-hydrogen) atoms. The van der Waals surface area contributed by atoms with E-state index in [4.69, 9.17) is 14.6 Å². The molecule has 1 N–H and O–H groups in total. The Labute approximate surface area is 107 Å². The SMILES string of the molecule is CCOc1nc(=O)n([C@H]2CSC(CO)O2)cc1F. The summed E-state index contributed by atoms with van der Waals surface area (Å²) in [6.45, 7) is 1.76. The number of halogens is 1. The van der Waals surface area contributed by atoms with Crippen LogP contribution in [0.2, 0.25) is 0 Å². The molecule has 0 spiro atoms. The van der Waals surface area contributed by atoms with Gasteiger partial charge in [-0.15, -0.1) is 11.8 Å². The minimum atomic E-state index is -0.711. The number of nitrogens with zero attached hydrogens (tertiary/aromatic N) is 2. The highest BCUT2D eigenvalue weighted by atomic mass is 32.2. The van der Waals surface area contributed by atoms with Crippen LogP contribution in [0.1, 0.15) is 13.2 Å². The summed E-state index contributed by atoms with van der Waals surface area (Å²) in [5.41, 5.74) is -1.03. The zero-order valence-corrected chi connectivity index (χ0v) is 10.5. The highest BCUT2D eigenvalue weighted by molar-refractivity contribution is 8.00. The van der Waals surface area contributed by atoms with Crippen LogP contribution >= 0.6 is 11.8 Å². The molecule has 0 bridgehead atoms. The van der Waals surface area contributed by atoms with Crippen LogP contribution in [0.3, 0.4) is 0 Å². The van der Waals surface area contributed by atoms with Crippen molar-refractivity contribution in [1.29, 1.82) is 0 Å². The maximum absolute atomic E-state index is 13.6. The van der Waals surface area contributed by atoms with E-state index in [0.717, 1.165) is 10.8 Å². The number of rotatable bonds is 4. The first kappa shape index (κ1) is 13.3. The van der Waals surface area contributed by atoms with Gasteiger partial charge < -0.3 is 14.6 Å². The number of ether oxygens (including phenoxy) is 2. The Hall–Kier alpha value is -1.12. The van der Waals surface area contributed by atoms with E-state index in [1.165, 1.54) is 11.8 Å². The monoisotopic (exact) mass is 276 g/mol. The molecule has 0 aromatic carbocycles. The van der Waals surface area contributed by atoms with E-state index in [-0.39, 0.29) is 19.1 Å². The van der Waals surface area contributed by atoms with Crippen molar-refractivity contribution in [3.63, 3.8) is 0 Å². The third-order valence-corrected chi connectivity index (χ3v) is 3.46. The van der Waals surface area contributed by atoms with Crippen molar-refractivity contribution in [3.05, 3.63) is 22.5 Å². The number of aliphatic hydroxyl groups excluding tert-OH is 1. The first-order valence-corrected chi connectivity index (χ1v) is 6.50. The molecule has 1 aliphatic heterocycles. The van der Waals surface area contributed by atoms with Gasteiger partial charge in [0.25, 0.3) is 5.88 Å². The third-order valence-electron chi connectivity index (χ3n) is 2.35. The smallest absolute Gasteiger partial charge is 0.353 e. The Morgan fingerprint density at radius 1 is 1.78 bits per heavy atom. The summed E-state index contributed by atoms with van der Waals surface area (Å²) in [7, 11) is 0. The van der Waals surface area contributed by atoms with Crippen LogP contribution in [0.4, 0.5) is 4.39 Å². The molecule has 0 amide bonds. The summed E-state index contributed by atoms with van der Waals surface area (Å²) in [5, 5.41) is 8.93. The molecular weight excluding hydrogens is 263 g/mol. The molecule has 6 nitrogen and oxygen atoms in total. The number of hydrogen-bond donors (Lipinski definition) is 1. The van der Waals surface area contributed by atoms with Crippen LogP contribution in [0.25, 0.3) is 0 Å². The predicted octanol–water partition coefficient (Wildman–Crippen LogP) is 0.361. The summed E-state index contributed by atoms with van der Waals surface area (Å²) in [6, 6.07) is 0. The van der Waals surface area contributed by atoms with Gasteiger partial charge in [-0.2, -0.15) is 9.37 Å². The normalized spacial score (nSPS) is 23.3. The Morgan fingerprint density at radius 2 is 2.56 bits per heavy atom. The Bertz CT molecular complexity index is 481. The minimum absolute atomic E-state index is 0.150. The molecule has 8 heteroatoms. The molecule has 100 valence electrons. The van der Waals surface area contributed by atoms with Gasteiger partial charge in [-0.1, -0.05) is 0 Å². The van der Waals surface area contributed by atoms with Crippen molar-refractivity contribution in [2.24, 2.45) is 0 Å². The molecule has 1 aliphatic rings. The van der Waals surface area contributed by atoms with Gasteiger partial charge in [0, 0.05) is 5.75 Å². The van der Waals surface area contributed by atoms with Gasteiger partial charge in [-0.25, -0.2) is 4.79 Å². The van der Waals surface area contributed by atoms with Gasteiger partial charge in [-0.05, 0) is 6.92 Å². The molecular formula is C10H13FN2O4S. The Balaban J connectivity index is 2.24. The number of aliphatic hydroxyl groups is 1. The van der Waals surface area contributed by atoms with Crippen molar-refractivity contribution in [3.8, 4) is 5.88 Å². The van der Waals surface area contributed by atoms with Crippen molar-refractivity contribution in [2.75, 3.05) is 19.0 Å². The molecule has 2 atom stereocenters. The summed E-state index contributed by atoms with van der Waals surface area (Å²) in [6.07, 6.45) is 0.406. The Kier molecular flexibility index (Phi) is 4.20. The largest absolute Gasteiger partial charge is 0.476 e. The van der Waals surface area contributed by atoms with E-state index >= 15 is 0 Å². The van der Waals surface area contributed by atoms with Gasteiger partial charge in [0.05, 0.1) is 19.4 Å². The highest BCUT2D eigenvalue weighted by Gasteiger charge is 2.28. The molecule has 1 aromatic heterocycles. The molecule has 1 fully saturated rings. The lowest BCUT2D eigenvalue weighted by Crippen LogP contribution is -2.29. The number of aromatic nitrogens is 2. The average molecular weight is 276 g/mol. The zero-order chi connectivity index (χ0) is 13.1. The fourth-order valence-corrected chi connectivity index (χ4v) is 2.49. The maximum atomic E-state index is 13.6. The average Bonchev–Trinajstić information content (AvgIpc) is 2.82. The fourth-order valence-electron chi connectivity index (χ4n) is 1.56. The van der Waals surface area contributed by atoms with Crippen molar-refractivity contribution in [2.45, 2.75) is 18.6 Å². The second-order valence-corrected chi connectivity index (χ2v) is 4.75. The van der Waals surface area contributed by atoms with E-state index < -0.39 is 23.2 Å². The van der Waals surface area contributed by atoms with Crippen molar-refractivity contribution >= 4 is 11.8 Å². The molecule has 0 saturated carbocycles. The molecule has 1 unspecified atom stereocenters. The quantitative estimate of drug-likeness (QED) is 0.856. The van der Waals surface area contributed by atoms with Crippen LogP contribution in [-0.2, 0) is 4.74 Å². The van der Waals surface area contributed by atoms with Crippen LogP contribution < -0.4 is 10.4 Å². The second-order valence-electron chi connectivity index (χ2n) is 3.55. The van der Waals surface area contributed by atoms with E-state index in [0.29, 0.717) is 5.75 Å². The third kappa shape index (κ3) is 2.65. The number of hydrogen-bond acceptors (Lipinski definition) is 6. The lowest BCUT2D eigenvalue weighted by molar-refractivity contribution is -0.00708. The summed E-state index contributed by atoms with van der Waals surface area (Å²) < 4.78 is 24.9. The van der Waals surface area contributed by atoms with Crippen LogP contribution in [-0.4, -0.2) is 39.1 Å². The van der Waals surface area contributed by atoms with Gasteiger partial charge in [0.2, 0.25) is 5.82 Å². The molecule has 1 aromatic rings. The van der Waals surface area contributed by atoms with E-state index in [1.54, 1.807) is 6.92 Å². The van der Waals surface area contributed by atoms with E-state index in [1.807, 2.05) is 0 Å². The topological polar surface area (TPSA) is 73.6 Å². The predicted molar refractivity (Wildman–Crippen MR) is 63.1 cm³/mol. The first-order valence-electron chi connectivity index (χ1n) is 5.45. The fraction of sp³-hybridized carbons (Fsp3) is 0.600. The lowest BCUT2D eigenvalue weighted by atomic mass is 10.5. The second kappa shape index (κ2) is 5.68. The minimum Gasteiger partial charge on any atom is -0.476 e. The van der Waals surface area contributed by atoms with Crippen LogP contribution in [0, 0.1) is 5.82 Å². The summed E-state index contributed by atoms with van der Waals surface area (Å²) in [5.74, 6) is -0.555. The van der Waals surface area contributed by atoms with Gasteiger partial charge in [-0.3, -0.25) is 4.57 Å². The van der Waals surface area contributed by atoms with Crippen molar-refractivity contribution < 1.29 is 19.0 Å². The van der Waals surface area contributed by atoms with Crippen LogP contribution in [0.15, 0.2) is 11.0 Å². The van der Waals surface area contributed by atoms with Gasteiger partial charge in [0.1, 0.15) is 11.7 Å². The van der Waals surface area contributed by atoms with E-state index in [2.05, 4.69) is 4.98 Å². The number of thioether (sulfide) groups is 1. The maximum Gasteiger partial charge on any atom is 0.353 e. The summed E-state index contributed by atoms with van der Waals surface area (Å²) >= 11 is 1.36. The molecule has 2 rings (SSSR count). The van der Waals surface area contributed by atoms with Gasteiger partial charge >= 0.3 is 5.69 Å². The van der Waals surface area contributed by atoms with E-state index in [9.17, 15) is 9.18 Å². The Morgan fingerprint density at radius 3 is 3.17 bits per heavy atom.